The lowest BCUT2D eigenvalue weighted by Gasteiger charge is -2.05. The zero-order chi connectivity index (χ0) is 11.9. The van der Waals surface area contributed by atoms with Gasteiger partial charge in [0.25, 0.3) is 9.05 Å². The molecule has 1 aromatic heterocycles. The maximum absolute atomic E-state index is 11.2. The van der Waals surface area contributed by atoms with Crippen LogP contribution in [0.1, 0.15) is 5.56 Å². The minimum atomic E-state index is -3.74. The maximum atomic E-state index is 11.2. The van der Waals surface area contributed by atoms with Gasteiger partial charge < -0.3 is 0 Å². The van der Waals surface area contributed by atoms with Crippen LogP contribution < -0.4 is 0 Å². The van der Waals surface area contributed by atoms with E-state index >= 15 is 0 Å². The molecule has 0 saturated heterocycles. The van der Waals surface area contributed by atoms with Gasteiger partial charge in [0.1, 0.15) is 0 Å². The molecule has 0 radical (unpaired) electrons. The molecule has 0 bridgehead atoms. The Hall–Kier alpha value is -0.840. The van der Waals surface area contributed by atoms with Gasteiger partial charge in [-0.15, -0.1) is 0 Å². The topological polar surface area (TPSA) is 47.0 Å². The van der Waals surface area contributed by atoms with E-state index in [0.717, 1.165) is 10.9 Å². The average Bonchev–Trinajstić information content (AvgIpc) is 2.15. The Bertz CT molecular complexity index is 668. The molecular formula is C10H7Cl2NO2S. The summed E-state index contributed by atoms with van der Waals surface area (Å²) < 4.78 is 22.4. The smallest absolute Gasteiger partial charge is 0.256 e. The molecule has 0 atom stereocenters. The van der Waals surface area contributed by atoms with E-state index in [1.807, 2.05) is 0 Å². The fraction of sp³-hybridized carbons (Fsp3) is 0.100. The number of halogens is 2. The lowest BCUT2D eigenvalue weighted by Crippen LogP contribution is -1.93. The van der Waals surface area contributed by atoms with Crippen LogP contribution >= 0.6 is 22.3 Å². The van der Waals surface area contributed by atoms with Crippen molar-refractivity contribution >= 4 is 42.2 Å². The standard InChI is InChI=1S/C10H7Cl2NO2S/c1-6-4-7(16(12,14)15)5-9-10(6)8(11)2-3-13-9/h2-5H,1H3. The molecule has 0 N–H and O–H groups in total. The van der Waals surface area contributed by atoms with E-state index in [1.54, 1.807) is 13.0 Å². The molecule has 6 heteroatoms. The maximum Gasteiger partial charge on any atom is 0.261 e. The molecule has 0 spiro atoms. The molecule has 0 saturated carbocycles. The van der Waals surface area contributed by atoms with Crippen molar-refractivity contribution in [1.29, 1.82) is 0 Å². The minimum Gasteiger partial charge on any atom is -0.256 e. The molecule has 0 amide bonds. The highest BCUT2D eigenvalue weighted by Gasteiger charge is 2.13. The molecule has 0 aliphatic heterocycles. The summed E-state index contributed by atoms with van der Waals surface area (Å²) >= 11 is 6.01. The molecule has 0 aliphatic carbocycles. The molecule has 2 rings (SSSR count). The van der Waals surface area contributed by atoms with E-state index in [9.17, 15) is 8.42 Å². The van der Waals surface area contributed by atoms with Gasteiger partial charge in [-0.05, 0) is 30.7 Å². The Morgan fingerprint density at radius 1 is 1.31 bits per heavy atom. The second-order valence-electron chi connectivity index (χ2n) is 3.36. The first kappa shape index (κ1) is 11.6. The molecule has 3 nitrogen and oxygen atoms in total. The molecular weight excluding hydrogens is 269 g/mol. The molecule has 0 aliphatic rings. The van der Waals surface area contributed by atoms with Crippen molar-refractivity contribution in [2.75, 3.05) is 0 Å². The third-order valence-electron chi connectivity index (χ3n) is 2.24. The fourth-order valence-corrected chi connectivity index (χ4v) is 2.70. The summed E-state index contributed by atoms with van der Waals surface area (Å²) in [5, 5.41) is 1.29. The van der Waals surface area contributed by atoms with Crippen LogP contribution in [0, 0.1) is 6.92 Å². The molecule has 84 valence electrons. The summed E-state index contributed by atoms with van der Waals surface area (Å²) in [5.41, 5.74) is 1.25. The zero-order valence-electron chi connectivity index (χ0n) is 8.24. The normalized spacial score (nSPS) is 11.9. The Labute approximate surface area is 102 Å². The van der Waals surface area contributed by atoms with E-state index < -0.39 is 9.05 Å². The van der Waals surface area contributed by atoms with Crippen LogP contribution in [0.5, 0.6) is 0 Å². The van der Waals surface area contributed by atoms with Crippen LogP contribution in [-0.4, -0.2) is 13.4 Å². The summed E-state index contributed by atoms with van der Waals surface area (Å²) in [6.45, 7) is 1.77. The third-order valence-corrected chi connectivity index (χ3v) is 3.89. The quantitative estimate of drug-likeness (QED) is 0.752. The number of aromatic nitrogens is 1. The van der Waals surface area contributed by atoms with E-state index in [1.165, 1.54) is 18.3 Å². The Balaban J connectivity index is 2.89. The van der Waals surface area contributed by atoms with Crippen molar-refractivity contribution in [3.05, 3.63) is 35.0 Å². The van der Waals surface area contributed by atoms with Gasteiger partial charge in [-0.2, -0.15) is 0 Å². The summed E-state index contributed by atoms with van der Waals surface area (Å²) in [7, 11) is 1.54. The lowest BCUT2D eigenvalue weighted by atomic mass is 10.1. The Morgan fingerprint density at radius 3 is 2.62 bits per heavy atom. The van der Waals surface area contributed by atoms with Gasteiger partial charge in [0.2, 0.25) is 0 Å². The van der Waals surface area contributed by atoms with Crippen LogP contribution in [0.3, 0.4) is 0 Å². The number of pyridine rings is 1. The van der Waals surface area contributed by atoms with Crippen LogP contribution in [0.25, 0.3) is 10.9 Å². The molecule has 1 heterocycles. The molecule has 1 aromatic carbocycles. The first-order valence-corrected chi connectivity index (χ1v) is 7.08. The third kappa shape index (κ3) is 2.00. The first-order chi connectivity index (χ1) is 7.39. The Morgan fingerprint density at radius 2 is 2.00 bits per heavy atom. The summed E-state index contributed by atoms with van der Waals surface area (Å²) in [4.78, 5) is 4.11. The van der Waals surface area contributed by atoms with Gasteiger partial charge in [-0.1, -0.05) is 11.6 Å². The summed E-state index contributed by atoms with van der Waals surface area (Å²) in [6.07, 6.45) is 1.52. The second kappa shape index (κ2) is 3.87. The molecule has 2 aromatic rings. The number of hydrogen-bond acceptors (Lipinski definition) is 3. The van der Waals surface area contributed by atoms with Crippen molar-refractivity contribution in [3.8, 4) is 0 Å². The predicted molar refractivity (Wildman–Crippen MR) is 64.5 cm³/mol. The summed E-state index contributed by atoms with van der Waals surface area (Å²) in [6, 6.07) is 4.56. The monoisotopic (exact) mass is 275 g/mol. The summed E-state index contributed by atoms with van der Waals surface area (Å²) in [5.74, 6) is 0. The van der Waals surface area contributed by atoms with Crippen molar-refractivity contribution in [2.24, 2.45) is 0 Å². The number of aryl methyl sites for hydroxylation is 1. The van der Waals surface area contributed by atoms with E-state index in [4.69, 9.17) is 22.3 Å². The first-order valence-electron chi connectivity index (χ1n) is 4.39. The lowest BCUT2D eigenvalue weighted by molar-refractivity contribution is 0.609. The van der Waals surface area contributed by atoms with Gasteiger partial charge in [0.05, 0.1) is 15.4 Å². The van der Waals surface area contributed by atoms with Crippen molar-refractivity contribution in [3.63, 3.8) is 0 Å². The number of benzene rings is 1. The number of fused-ring (bicyclic) bond motifs is 1. The minimum absolute atomic E-state index is 0.0360. The molecule has 0 unspecified atom stereocenters. The van der Waals surface area contributed by atoms with Gasteiger partial charge >= 0.3 is 0 Å². The van der Waals surface area contributed by atoms with Crippen molar-refractivity contribution in [1.82, 2.24) is 4.98 Å². The van der Waals surface area contributed by atoms with Crippen LogP contribution in [0.15, 0.2) is 29.3 Å². The van der Waals surface area contributed by atoms with Crippen LogP contribution in [0.4, 0.5) is 0 Å². The largest absolute Gasteiger partial charge is 0.261 e. The zero-order valence-corrected chi connectivity index (χ0v) is 10.6. The highest BCUT2D eigenvalue weighted by molar-refractivity contribution is 8.13. The second-order valence-corrected chi connectivity index (χ2v) is 6.34. The van der Waals surface area contributed by atoms with Gasteiger partial charge in [-0.3, -0.25) is 4.98 Å². The highest BCUT2D eigenvalue weighted by atomic mass is 35.7. The van der Waals surface area contributed by atoms with Gasteiger partial charge in [0, 0.05) is 22.3 Å². The van der Waals surface area contributed by atoms with Gasteiger partial charge in [-0.25, -0.2) is 8.42 Å². The SMILES string of the molecule is Cc1cc(S(=O)(=O)Cl)cc2nccc(Cl)c12. The van der Waals surface area contributed by atoms with Crippen molar-refractivity contribution < 1.29 is 8.42 Å². The number of nitrogens with zero attached hydrogens (tertiary/aromatic N) is 1. The Kier molecular flexibility index (Phi) is 2.82. The molecule has 0 fully saturated rings. The highest BCUT2D eigenvalue weighted by Crippen LogP contribution is 2.28. The number of rotatable bonds is 1. The van der Waals surface area contributed by atoms with Gasteiger partial charge in [0.15, 0.2) is 0 Å². The average molecular weight is 276 g/mol. The van der Waals surface area contributed by atoms with E-state index in [-0.39, 0.29) is 4.90 Å². The predicted octanol–water partition coefficient (Wildman–Crippen LogP) is 3.12. The van der Waals surface area contributed by atoms with Crippen molar-refractivity contribution in [2.45, 2.75) is 11.8 Å². The van der Waals surface area contributed by atoms with Crippen LogP contribution in [-0.2, 0) is 9.05 Å². The van der Waals surface area contributed by atoms with Crippen LogP contribution in [0.2, 0.25) is 5.02 Å². The van der Waals surface area contributed by atoms with E-state index in [0.29, 0.717) is 10.5 Å². The fourth-order valence-electron chi connectivity index (χ4n) is 1.56. The molecule has 16 heavy (non-hydrogen) atoms. The number of hydrogen-bond donors (Lipinski definition) is 0. The van der Waals surface area contributed by atoms with E-state index in [2.05, 4.69) is 4.98 Å².